The molecule has 0 saturated carbocycles. The van der Waals surface area contributed by atoms with Crippen LogP contribution >= 0.6 is 0 Å². The number of rotatable bonds is 1. The van der Waals surface area contributed by atoms with Crippen molar-refractivity contribution in [3.8, 4) is 17.2 Å². The Labute approximate surface area is 81.7 Å². The van der Waals surface area contributed by atoms with Crippen LogP contribution in [0.4, 0.5) is 0 Å². The van der Waals surface area contributed by atoms with Gasteiger partial charge < -0.3 is 19.7 Å². The first-order valence-electron chi connectivity index (χ1n) is 4.45. The van der Waals surface area contributed by atoms with Crippen molar-refractivity contribution >= 4 is 0 Å². The van der Waals surface area contributed by atoms with Gasteiger partial charge in [0.05, 0.1) is 7.11 Å². The molecule has 76 valence electrons. The molecular formula is C10H12O4. The molecular weight excluding hydrogens is 184 g/mol. The first-order valence-corrected chi connectivity index (χ1v) is 4.45. The molecule has 0 fully saturated rings. The lowest BCUT2D eigenvalue weighted by Crippen LogP contribution is -2.21. The zero-order chi connectivity index (χ0) is 10.1. The van der Waals surface area contributed by atoms with Gasteiger partial charge >= 0.3 is 0 Å². The summed E-state index contributed by atoms with van der Waals surface area (Å²) in [6, 6.07) is 3.20. The number of aromatic hydroxyl groups is 1. The Morgan fingerprint density at radius 2 is 2.29 bits per heavy atom. The second-order valence-electron chi connectivity index (χ2n) is 3.24. The van der Waals surface area contributed by atoms with Crippen LogP contribution in [0.5, 0.6) is 17.2 Å². The number of aliphatic hydroxyl groups is 1. The summed E-state index contributed by atoms with van der Waals surface area (Å²) >= 11 is 0. The third kappa shape index (κ3) is 1.48. The first kappa shape index (κ1) is 9.15. The number of phenols is 1. The molecule has 0 amide bonds. The molecule has 0 aromatic heterocycles. The van der Waals surface area contributed by atoms with Crippen LogP contribution < -0.4 is 9.47 Å². The van der Waals surface area contributed by atoms with Gasteiger partial charge in [0.1, 0.15) is 5.75 Å². The minimum absolute atomic E-state index is 0.0281. The lowest BCUT2D eigenvalue weighted by molar-refractivity contribution is -0.0318. The van der Waals surface area contributed by atoms with Gasteiger partial charge in [0.25, 0.3) is 0 Å². The zero-order valence-electron chi connectivity index (χ0n) is 7.86. The molecule has 4 heteroatoms. The maximum atomic E-state index is 9.47. The fourth-order valence-corrected chi connectivity index (χ4v) is 1.54. The van der Waals surface area contributed by atoms with E-state index in [2.05, 4.69) is 0 Å². The van der Waals surface area contributed by atoms with E-state index in [0.717, 1.165) is 12.0 Å². The number of benzene rings is 1. The number of hydrogen-bond donors (Lipinski definition) is 2. The highest BCUT2D eigenvalue weighted by molar-refractivity contribution is 5.50. The summed E-state index contributed by atoms with van der Waals surface area (Å²) in [6.07, 6.45) is 0.531. The van der Waals surface area contributed by atoms with E-state index in [9.17, 15) is 10.2 Å². The van der Waals surface area contributed by atoms with Gasteiger partial charge in [-0.15, -0.1) is 0 Å². The SMILES string of the molecule is COc1cc2c(cc1O)OC(O)CC2. The molecule has 0 spiro atoms. The van der Waals surface area contributed by atoms with E-state index in [1.54, 1.807) is 6.07 Å². The van der Waals surface area contributed by atoms with Gasteiger partial charge in [-0.25, -0.2) is 0 Å². The van der Waals surface area contributed by atoms with Crippen LogP contribution in [0, 0.1) is 0 Å². The van der Waals surface area contributed by atoms with E-state index in [1.165, 1.54) is 13.2 Å². The van der Waals surface area contributed by atoms with Crippen LogP contribution in [-0.4, -0.2) is 23.6 Å². The Hall–Kier alpha value is -1.42. The van der Waals surface area contributed by atoms with Crippen molar-refractivity contribution in [1.82, 2.24) is 0 Å². The summed E-state index contributed by atoms with van der Waals surface area (Å²) in [5.74, 6) is 0.992. The molecule has 1 heterocycles. The van der Waals surface area contributed by atoms with E-state index in [0.29, 0.717) is 17.9 Å². The smallest absolute Gasteiger partial charge is 0.197 e. The summed E-state index contributed by atoms with van der Waals surface area (Å²) < 4.78 is 10.1. The largest absolute Gasteiger partial charge is 0.504 e. The predicted molar refractivity (Wildman–Crippen MR) is 49.6 cm³/mol. The fourth-order valence-electron chi connectivity index (χ4n) is 1.54. The number of aryl methyl sites for hydroxylation is 1. The molecule has 1 atom stereocenters. The highest BCUT2D eigenvalue weighted by Crippen LogP contribution is 2.36. The van der Waals surface area contributed by atoms with Gasteiger partial charge in [0, 0.05) is 12.5 Å². The Morgan fingerprint density at radius 3 is 3.00 bits per heavy atom. The van der Waals surface area contributed by atoms with E-state index in [-0.39, 0.29) is 5.75 Å². The van der Waals surface area contributed by atoms with Crippen molar-refractivity contribution < 1.29 is 19.7 Å². The Morgan fingerprint density at radius 1 is 1.50 bits per heavy atom. The van der Waals surface area contributed by atoms with Crippen molar-refractivity contribution in [2.45, 2.75) is 19.1 Å². The fraction of sp³-hybridized carbons (Fsp3) is 0.400. The first-order chi connectivity index (χ1) is 6.70. The lowest BCUT2D eigenvalue weighted by atomic mass is 10.1. The van der Waals surface area contributed by atoms with Crippen molar-refractivity contribution in [3.05, 3.63) is 17.7 Å². The molecule has 1 aliphatic heterocycles. The van der Waals surface area contributed by atoms with E-state index < -0.39 is 6.29 Å². The second kappa shape index (κ2) is 3.38. The quantitative estimate of drug-likeness (QED) is 0.704. The van der Waals surface area contributed by atoms with Gasteiger partial charge in [0.15, 0.2) is 17.8 Å². The summed E-state index contributed by atoms with van der Waals surface area (Å²) in [4.78, 5) is 0. The molecule has 0 bridgehead atoms. The van der Waals surface area contributed by atoms with Crippen LogP contribution in [0.2, 0.25) is 0 Å². The van der Waals surface area contributed by atoms with Crippen LogP contribution in [0.15, 0.2) is 12.1 Å². The highest BCUT2D eigenvalue weighted by atomic mass is 16.6. The van der Waals surface area contributed by atoms with Gasteiger partial charge in [-0.2, -0.15) is 0 Å². The van der Waals surface area contributed by atoms with Gasteiger partial charge in [-0.3, -0.25) is 0 Å². The minimum Gasteiger partial charge on any atom is -0.504 e. The number of methoxy groups -OCH3 is 1. The number of fused-ring (bicyclic) bond motifs is 1. The van der Waals surface area contributed by atoms with Gasteiger partial charge in [0.2, 0.25) is 0 Å². The standard InChI is InChI=1S/C10H12O4/c1-13-9-4-6-2-3-10(12)14-8(6)5-7(9)11/h4-5,10-12H,2-3H2,1H3. The zero-order valence-corrected chi connectivity index (χ0v) is 7.86. The molecule has 2 N–H and O–H groups in total. The molecule has 0 radical (unpaired) electrons. The summed E-state index contributed by atoms with van der Waals surface area (Å²) in [6.45, 7) is 0. The molecule has 0 aliphatic carbocycles. The topological polar surface area (TPSA) is 58.9 Å². The molecule has 1 unspecified atom stereocenters. The summed E-state index contributed by atoms with van der Waals surface area (Å²) in [7, 11) is 1.50. The van der Waals surface area contributed by atoms with Crippen molar-refractivity contribution in [3.63, 3.8) is 0 Å². The number of hydrogen-bond acceptors (Lipinski definition) is 4. The Kier molecular flexibility index (Phi) is 2.21. The maximum Gasteiger partial charge on any atom is 0.197 e. The van der Waals surface area contributed by atoms with E-state index in [4.69, 9.17) is 9.47 Å². The third-order valence-corrected chi connectivity index (χ3v) is 2.29. The van der Waals surface area contributed by atoms with Crippen LogP contribution in [-0.2, 0) is 6.42 Å². The van der Waals surface area contributed by atoms with Crippen LogP contribution in [0.25, 0.3) is 0 Å². The molecule has 1 aromatic rings. The average Bonchev–Trinajstić information content (AvgIpc) is 2.16. The van der Waals surface area contributed by atoms with Gasteiger partial charge in [-0.1, -0.05) is 0 Å². The lowest BCUT2D eigenvalue weighted by Gasteiger charge is -2.22. The van der Waals surface area contributed by atoms with E-state index >= 15 is 0 Å². The minimum atomic E-state index is -0.768. The molecule has 4 nitrogen and oxygen atoms in total. The average molecular weight is 196 g/mol. The van der Waals surface area contributed by atoms with Crippen LogP contribution in [0.3, 0.4) is 0 Å². The van der Waals surface area contributed by atoms with Gasteiger partial charge in [-0.05, 0) is 18.1 Å². The number of phenolic OH excluding ortho intramolecular Hbond substituents is 1. The highest BCUT2D eigenvalue weighted by Gasteiger charge is 2.19. The maximum absolute atomic E-state index is 9.47. The summed E-state index contributed by atoms with van der Waals surface area (Å²) in [5.41, 5.74) is 0.949. The third-order valence-electron chi connectivity index (χ3n) is 2.29. The Balaban J connectivity index is 2.40. The second-order valence-corrected chi connectivity index (χ2v) is 3.24. The van der Waals surface area contributed by atoms with Crippen molar-refractivity contribution in [2.24, 2.45) is 0 Å². The normalized spacial score (nSPS) is 19.7. The molecule has 14 heavy (non-hydrogen) atoms. The van der Waals surface area contributed by atoms with E-state index in [1.807, 2.05) is 0 Å². The molecule has 2 rings (SSSR count). The Bertz CT molecular complexity index is 348. The molecule has 1 aromatic carbocycles. The predicted octanol–water partition coefficient (Wildman–Crippen LogP) is 1.04. The van der Waals surface area contributed by atoms with Crippen molar-refractivity contribution in [1.29, 1.82) is 0 Å². The van der Waals surface area contributed by atoms with Crippen molar-refractivity contribution in [2.75, 3.05) is 7.11 Å². The van der Waals surface area contributed by atoms with Crippen LogP contribution in [0.1, 0.15) is 12.0 Å². The monoisotopic (exact) mass is 196 g/mol. The number of aliphatic hydroxyl groups excluding tert-OH is 1. The summed E-state index contributed by atoms with van der Waals surface area (Å²) in [5, 5.41) is 18.7. The molecule has 1 aliphatic rings. The molecule has 0 saturated heterocycles. The number of ether oxygens (including phenoxy) is 2.